The first-order valence-corrected chi connectivity index (χ1v) is 13.0. The summed E-state index contributed by atoms with van der Waals surface area (Å²) in [5, 5.41) is 2.83. The highest BCUT2D eigenvalue weighted by Crippen LogP contribution is 2.23. The average molecular weight is 460 g/mol. The van der Waals surface area contributed by atoms with Crippen molar-refractivity contribution < 1.29 is 17.9 Å². The van der Waals surface area contributed by atoms with Gasteiger partial charge in [0.25, 0.3) is 0 Å². The molecule has 1 amide bonds. The van der Waals surface area contributed by atoms with Crippen LogP contribution in [0, 0.1) is 0 Å². The second kappa shape index (κ2) is 11.3. The first-order chi connectivity index (χ1) is 15.3. The lowest BCUT2D eigenvalue weighted by Crippen LogP contribution is -2.40. The minimum absolute atomic E-state index is 0.290. The van der Waals surface area contributed by atoms with E-state index in [4.69, 9.17) is 4.74 Å². The summed E-state index contributed by atoms with van der Waals surface area (Å²) in [6, 6.07) is 15.0. The molecule has 0 unspecified atom stereocenters. The number of carbonyl (C=O) groups is 1. The van der Waals surface area contributed by atoms with Crippen molar-refractivity contribution in [2.75, 3.05) is 36.8 Å². The lowest BCUT2D eigenvalue weighted by Gasteiger charge is -2.26. The fourth-order valence-corrected chi connectivity index (χ4v) is 4.67. The van der Waals surface area contributed by atoms with Crippen LogP contribution >= 0.6 is 0 Å². The van der Waals surface area contributed by atoms with Gasteiger partial charge in [0.05, 0.1) is 18.6 Å². The largest absolute Gasteiger partial charge is 0.494 e. The van der Waals surface area contributed by atoms with Gasteiger partial charge < -0.3 is 10.1 Å². The normalized spacial score (nSPS) is 14.7. The number of nitrogens with zero attached hydrogens (tertiary/aromatic N) is 2. The summed E-state index contributed by atoms with van der Waals surface area (Å²) in [4.78, 5) is 15.0. The SMILES string of the molecule is CCOc1cccc(N(CC(=O)NCc2ccc(CN3CCCCC3)cc2)S(C)(=O)=O)c1. The third kappa shape index (κ3) is 7.24. The maximum Gasteiger partial charge on any atom is 0.241 e. The second-order valence-corrected chi connectivity index (χ2v) is 10.0. The monoisotopic (exact) mass is 459 g/mol. The zero-order valence-corrected chi connectivity index (χ0v) is 19.7. The Balaban J connectivity index is 1.56. The molecule has 2 aromatic carbocycles. The van der Waals surface area contributed by atoms with Crippen molar-refractivity contribution in [3.63, 3.8) is 0 Å². The molecule has 0 spiro atoms. The van der Waals surface area contributed by atoms with Crippen molar-refractivity contribution in [3.8, 4) is 5.75 Å². The number of anilines is 1. The van der Waals surface area contributed by atoms with Crippen LogP contribution in [0.5, 0.6) is 5.75 Å². The van der Waals surface area contributed by atoms with Crippen LogP contribution in [0.2, 0.25) is 0 Å². The van der Waals surface area contributed by atoms with Crippen LogP contribution in [0.4, 0.5) is 5.69 Å². The number of hydrogen-bond acceptors (Lipinski definition) is 5. The zero-order chi connectivity index (χ0) is 23.0. The summed E-state index contributed by atoms with van der Waals surface area (Å²) in [7, 11) is -3.64. The van der Waals surface area contributed by atoms with Crippen LogP contribution < -0.4 is 14.4 Å². The van der Waals surface area contributed by atoms with E-state index in [2.05, 4.69) is 22.3 Å². The van der Waals surface area contributed by atoms with Gasteiger partial charge in [0, 0.05) is 19.2 Å². The van der Waals surface area contributed by atoms with Crippen LogP contribution in [-0.2, 0) is 27.9 Å². The van der Waals surface area contributed by atoms with Gasteiger partial charge in [-0.15, -0.1) is 0 Å². The van der Waals surface area contributed by atoms with Gasteiger partial charge in [0.2, 0.25) is 15.9 Å². The third-order valence-corrected chi connectivity index (χ3v) is 6.61. The second-order valence-electron chi connectivity index (χ2n) is 8.13. The number of sulfonamides is 1. The average Bonchev–Trinajstić information content (AvgIpc) is 2.77. The highest BCUT2D eigenvalue weighted by atomic mass is 32.2. The molecular formula is C24H33N3O4S. The molecule has 0 aliphatic carbocycles. The molecule has 1 heterocycles. The quantitative estimate of drug-likeness (QED) is 0.591. The van der Waals surface area contributed by atoms with Gasteiger partial charge in [0.1, 0.15) is 12.3 Å². The van der Waals surface area contributed by atoms with Crippen molar-refractivity contribution in [3.05, 3.63) is 59.7 Å². The van der Waals surface area contributed by atoms with E-state index in [1.54, 1.807) is 24.3 Å². The Morgan fingerprint density at radius 1 is 1.06 bits per heavy atom. The highest BCUT2D eigenvalue weighted by molar-refractivity contribution is 7.92. The Kier molecular flexibility index (Phi) is 8.53. The molecule has 2 aromatic rings. The molecule has 32 heavy (non-hydrogen) atoms. The summed E-state index contributed by atoms with van der Waals surface area (Å²) in [6.45, 7) is 5.65. The molecule has 0 saturated carbocycles. The van der Waals surface area contributed by atoms with Crippen LogP contribution in [0.1, 0.15) is 37.3 Å². The van der Waals surface area contributed by atoms with Crippen molar-refractivity contribution in [2.24, 2.45) is 0 Å². The maximum absolute atomic E-state index is 12.5. The summed E-state index contributed by atoms with van der Waals surface area (Å²) < 4.78 is 31.2. The molecule has 1 saturated heterocycles. The van der Waals surface area contributed by atoms with E-state index in [-0.39, 0.29) is 12.5 Å². The van der Waals surface area contributed by atoms with Crippen LogP contribution in [-0.4, -0.2) is 51.7 Å². The summed E-state index contributed by atoms with van der Waals surface area (Å²) in [5.41, 5.74) is 2.64. The number of carbonyl (C=O) groups excluding carboxylic acids is 1. The van der Waals surface area contributed by atoms with E-state index in [1.807, 2.05) is 19.1 Å². The minimum Gasteiger partial charge on any atom is -0.494 e. The fraction of sp³-hybridized carbons (Fsp3) is 0.458. The van der Waals surface area contributed by atoms with Gasteiger partial charge in [-0.3, -0.25) is 14.0 Å². The standard InChI is InChI=1S/C24H33N3O4S/c1-3-31-23-9-7-8-22(16-23)27(32(2,29)30)19-24(28)25-17-20-10-12-21(13-11-20)18-26-14-5-4-6-15-26/h7-13,16H,3-6,14-15,17-19H2,1-2H3,(H,25,28). The number of likely N-dealkylation sites (tertiary alicyclic amines) is 1. The molecule has 0 radical (unpaired) electrons. The van der Waals surface area contributed by atoms with Crippen molar-refractivity contribution >= 4 is 21.6 Å². The van der Waals surface area contributed by atoms with Gasteiger partial charge in [-0.2, -0.15) is 0 Å². The number of benzene rings is 2. The minimum atomic E-state index is -3.64. The zero-order valence-electron chi connectivity index (χ0n) is 18.9. The van der Waals surface area contributed by atoms with Gasteiger partial charge in [-0.05, 0) is 56.1 Å². The molecule has 0 aromatic heterocycles. The number of nitrogens with one attached hydrogen (secondary N) is 1. The van der Waals surface area contributed by atoms with E-state index in [9.17, 15) is 13.2 Å². The summed E-state index contributed by atoms with van der Waals surface area (Å²) in [6.07, 6.45) is 4.95. The van der Waals surface area contributed by atoms with E-state index in [0.717, 1.165) is 35.8 Å². The topological polar surface area (TPSA) is 79.0 Å². The molecule has 3 rings (SSSR count). The van der Waals surface area contributed by atoms with Gasteiger partial charge in [-0.1, -0.05) is 36.8 Å². The fourth-order valence-electron chi connectivity index (χ4n) is 3.82. The predicted octanol–water partition coefficient (Wildman–Crippen LogP) is 3.15. The first kappa shape index (κ1) is 24.1. The van der Waals surface area contributed by atoms with Crippen molar-refractivity contribution in [1.82, 2.24) is 10.2 Å². The number of rotatable bonds is 10. The van der Waals surface area contributed by atoms with E-state index in [1.165, 1.54) is 24.8 Å². The Morgan fingerprint density at radius 2 is 1.75 bits per heavy atom. The number of hydrogen-bond donors (Lipinski definition) is 1. The van der Waals surface area contributed by atoms with Crippen LogP contribution in [0.25, 0.3) is 0 Å². The maximum atomic E-state index is 12.5. The predicted molar refractivity (Wildman–Crippen MR) is 127 cm³/mol. The van der Waals surface area contributed by atoms with Gasteiger partial charge >= 0.3 is 0 Å². The lowest BCUT2D eigenvalue weighted by molar-refractivity contribution is -0.119. The van der Waals surface area contributed by atoms with E-state index in [0.29, 0.717) is 24.6 Å². The van der Waals surface area contributed by atoms with Crippen LogP contribution in [0.15, 0.2) is 48.5 Å². The Morgan fingerprint density at radius 3 is 2.41 bits per heavy atom. The molecule has 1 aliphatic rings. The number of ether oxygens (including phenoxy) is 1. The Bertz CT molecular complexity index is 987. The Labute approximate surface area is 191 Å². The lowest BCUT2D eigenvalue weighted by atomic mass is 10.1. The summed E-state index contributed by atoms with van der Waals surface area (Å²) >= 11 is 0. The molecule has 0 atom stereocenters. The Hall–Kier alpha value is -2.58. The molecule has 1 aliphatic heterocycles. The van der Waals surface area contributed by atoms with Gasteiger partial charge in [0.15, 0.2) is 0 Å². The number of piperidine rings is 1. The van der Waals surface area contributed by atoms with Crippen molar-refractivity contribution in [1.29, 1.82) is 0 Å². The number of amides is 1. The molecule has 0 bridgehead atoms. The molecule has 174 valence electrons. The van der Waals surface area contributed by atoms with E-state index < -0.39 is 10.0 Å². The summed E-state index contributed by atoms with van der Waals surface area (Å²) in [5.74, 6) is 0.193. The smallest absolute Gasteiger partial charge is 0.241 e. The van der Waals surface area contributed by atoms with Crippen molar-refractivity contribution in [2.45, 2.75) is 39.3 Å². The van der Waals surface area contributed by atoms with Crippen LogP contribution in [0.3, 0.4) is 0 Å². The highest BCUT2D eigenvalue weighted by Gasteiger charge is 2.21. The van der Waals surface area contributed by atoms with E-state index >= 15 is 0 Å². The molecule has 1 fully saturated rings. The first-order valence-electron chi connectivity index (χ1n) is 11.1. The molecule has 1 N–H and O–H groups in total. The third-order valence-electron chi connectivity index (χ3n) is 5.47. The molecule has 7 nitrogen and oxygen atoms in total. The molecule has 8 heteroatoms. The molecular weight excluding hydrogens is 426 g/mol. The van der Waals surface area contributed by atoms with Gasteiger partial charge in [-0.25, -0.2) is 8.42 Å².